The first-order chi connectivity index (χ1) is 15.8. The number of aryl methyl sites for hydroxylation is 3. The number of hydrogen-bond acceptors (Lipinski definition) is 8. The second-order valence-corrected chi connectivity index (χ2v) is 8.31. The number of hydrogen-bond donors (Lipinski definition) is 0. The molecule has 0 bridgehead atoms. The molecule has 9 nitrogen and oxygen atoms in total. The maximum absolute atomic E-state index is 12.9. The Morgan fingerprint density at radius 2 is 1.88 bits per heavy atom. The fourth-order valence-electron chi connectivity index (χ4n) is 3.43. The van der Waals surface area contributed by atoms with Crippen LogP contribution in [0.4, 0.5) is 0 Å². The Morgan fingerprint density at radius 1 is 1.12 bits per heavy atom. The molecule has 0 saturated heterocycles. The van der Waals surface area contributed by atoms with Gasteiger partial charge in [0, 0.05) is 22.3 Å². The molecule has 0 radical (unpaired) electrons. The maximum atomic E-state index is 12.9. The van der Waals surface area contributed by atoms with Gasteiger partial charge in [0.15, 0.2) is 23.3 Å². The Hall–Kier alpha value is -3.92. The zero-order chi connectivity index (χ0) is 23.5. The highest BCUT2D eigenvalue weighted by Crippen LogP contribution is 2.24. The Morgan fingerprint density at radius 3 is 2.52 bits per heavy atom. The number of benzene rings is 1. The molecule has 168 valence electrons. The number of carbonyl (C=O) groups is 2. The van der Waals surface area contributed by atoms with Crippen LogP contribution in [0.2, 0.25) is 0 Å². The standard InChI is InChI=1S/C23H22N6O3S/c1-14-13-33-23(24-14)28-15(2)10-19(16(28)3)21(30)12-32-22(31)20(29-17(4)25-26-27-29)11-18-8-6-5-7-9-18/h5-11,13H,12H2,1-4H3/b20-11-. The molecule has 0 saturated carbocycles. The first-order valence-electron chi connectivity index (χ1n) is 10.2. The van der Waals surface area contributed by atoms with Gasteiger partial charge in [-0.05, 0) is 55.8 Å². The number of carbonyl (C=O) groups excluding carboxylic acids is 2. The van der Waals surface area contributed by atoms with Gasteiger partial charge in [-0.15, -0.1) is 16.4 Å². The van der Waals surface area contributed by atoms with Gasteiger partial charge >= 0.3 is 5.97 Å². The van der Waals surface area contributed by atoms with Crippen molar-refractivity contribution in [1.29, 1.82) is 0 Å². The first-order valence-corrected chi connectivity index (χ1v) is 11.1. The van der Waals surface area contributed by atoms with Crippen LogP contribution < -0.4 is 0 Å². The van der Waals surface area contributed by atoms with Gasteiger partial charge in [-0.2, -0.15) is 4.68 Å². The summed E-state index contributed by atoms with van der Waals surface area (Å²) in [4.78, 5) is 30.4. The number of nitrogens with zero attached hydrogens (tertiary/aromatic N) is 6. The van der Waals surface area contributed by atoms with Gasteiger partial charge in [-0.3, -0.25) is 9.36 Å². The summed E-state index contributed by atoms with van der Waals surface area (Å²) in [7, 11) is 0. The molecular formula is C23H22N6O3S. The minimum Gasteiger partial charge on any atom is -0.453 e. The number of rotatable bonds is 7. The van der Waals surface area contributed by atoms with E-state index >= 15 is 0 Å². The zero-order valence-electron chi connectivity index (χ0n) is 18.6. The Balaban J connectivity index is 1.55. The van der Waals surface area contributed by atoms with Gasteiger partial charge in [0.2, 0.25) is 5.78 Å². The van der Waals surface area contributed by atoms with Gasteiger partial charge in [0.05, 0.1) is 5.69 Å². The van der Waals surface area contributed by atoms with Crippen molar-refractivity contribution in [2.75, 3.05) is 6.61 Å². The molecular weight excluding hydrogens is 440 g/mol. The van der Waals surface area contributed by atoms with E-state index in [1.807, 2.05) is 61.1 Å². The predicted molar refractivity (Wildman–Crippen MR) is 124 cm³/mol. The van der Waals surface area contributed by atoms with E-state index in [1.54, 1.807) is 19.1 Å². The highest BCUT2D eigenvalue weighted by Gasteiger charge is 2.22. The number of esters is 1. The molecule has 0 aliphatic heterocycles. The number of Topliss-reactive ketones (excluding diaryl/α,β-unsaturated/α-hetero) is 1. The van der Waals surface area contributed by atoms with Crippen LogP contribution in [0.15, 0.2) is 41.8 Å². The Kier molecular flexibility index (Phi) is 6.27. The molecule has 3 heterocycles. The largest absolute Gasteiger partial charge is 0.453 e. The van der Waals surface area contributed by atoms with E-state index in [1.165, 1.54) is 16.0 Å². The summed E-state index contributed by atoms with van der Waals surface area (Å²) in [6, 6.07) is 11.0. The van der Waals surface area contributed by atoms with Crippen LogP contribution in [-0.4, -0.2) is 48.1 Å². The van der Waals surface area contributed by atoms with Crippen molar-refractivity contribution in [3.63, 3.8) is 0 Å². The predicted octanol–water partition coefficient (Wildman–Crippen LogP) is 3.58. The molecule has 0 amide bonds. The molecule has 0 aliphatic carbocycles. The minimum absolute atomic E-state index is 0.111. The highest BCUT2D eigenvalue weighted by atomic mass is 32.1. The molecule has 4 rings (SSSR count). The van der Waals surface area contributed by atoms with Gasteiger partial charge in [0.1, 0.15) is 0 Å². The topological polar surface area (TPSA) is 105 Å². The second kappa shape index (κ2) is 9.29. The number of aromatic nitrogens is 6. The van der Waals surface area contributed by atoms with E-state index in [4.69, 9.17) is 4.74 Å². The van der Waals surface area contributed by atoms with Gasteiger partial charge in [-0.1, -0.05) is 30.3 Å². The lowest BCUT2D eigenvalue weighted by molar-refractivity contribution is -0.136. The van der Waals surface area contributed by atoms with Gasteiger partial charge in [0.25, 0.3) is 0 Å². The fourth-order valence-corrected chi connectivity index (χ4v) is 4.35. The summed E-state index contributed by atoms with van der Waals surface area (Å²) >= 11 is 1.51. The molecule has 0 fully saturated rings. The summed E-state index contributed by atoms with van der Waals surface area (Å²) in [6.45, 7) is 6.95. The van der Waals surface area contributed by atoms with E-state index in [2.05, 4.69) is 20.5 Å². The molecule has 4 aromatic rings. The molecule has 0 atom stereocenters. The van der Waals surface area contributed by atoms with Gasteiger partial charge in [-0.25, -0.2) is 9.78 Å². The molecule has 1 aromatic carbocycles. The van der Waals surface area contributed by atoms with E-state index < -0.39 is 12.6 Å². The summed E-state index contributed by atoms with van der Waals surface area (Å²) in [5.41, 5.74) is 3.92. The molecule has 0 spiro atoms. The number of tetrazole rings is 1. The van der Waals surface area contributed by atoms with Crippen LogP contribution in [0.5, 0.6) is 0 Å². The number of ether oxygens (including phenoxy) is 1. The Bertz CT molecular complexity index is 1350. The van der Waals surface area contributed by atoms with Crippen LogP contribution in [0, 0.1) is 27.7 Å². The van der Waals surface area contributed by atoms with Crippen molar-refractivity contribution in [1.82, 2.24) is 29.8 Å². The average Bonchev–Trinajstić information content (AvgIpc) is 3.49. The van der Waals surface area contributed by atoms with Crippen LogP contribution in [0.3, 0.4) is 0 Å². The fraction of sp³-hybridized carbons (Fsp3) is 0.217. The highest BCUT2D eigenvalue weighted by molar-refractivity contribution is 7.12. The molecule has 0 N–H and O–H groups in total. The third kappa shape index (κ3) is 4.65. The second-order valence-electron chi connectivity index (χ2n) is 7.47. The van der Waals surface area contributed by atoms with Crippen molar-refractivity contribution in [2.24, 2.45) is 0 Å². The lowest BCUT2D eigenvalue weighted by Crippen LogP contribution is -2.19. The SMILES string of the molecule is Cc1csc(-n2c(C)cc(C(=O)COC(=O)/C(=C/c3ccccc3)n3nnnc3C)c2C)n1. The number of thiazole rings is 1. The third-order valence-corrected chi connectivity index (χ3v) is 5.97. The molecule has 10 heteroatoms. The van der Waals surface area contributed by atoms with E-state index in [9.17, 15) is 9.59 Å². The van der Waals surface area contributed by atoms with E-state index in [0.717, 1.165) is 27.8 Å². The van der Waals surface area contributed by atoms with Crippen molar-refractivity contribution >= 4 is 34.9 Å². The molecule has 0 aliphatic rings. The lowest BCUT2D eigenvalue weighted by atomic mass is 10.1. The van der Waals surface area contributed by atoms with E-state index in [0.29, 0.717) is 11.4 Å². The van der Waals surface area contributed by atoms with Crippen molar-refractivity contribution in [3.05, 3.63) is 75.8 Å². The van der Waals surface area contributed by atoms with Crippen molar-refractivity contribution in [3.8, 4) is 5.13 Å². The minimum atomic E-state index is -0.702. The Labute approximate surface area is 194 Å². The normalized spacial score (nSPS) is 11.6. The van der Waals surface area contributed by atoms with Crippen molar-refractivity contribution in [2.45, 2.75) is 27.7 Å². The van der Waals surface area contributed by atoms with Crippen LogP contribution in [0.25, 0.3) is 16.9 Å². The third-order valence-electron chi connectivity index (χ3n) is 5.03. The summed E-state index contributed by atoms with van der Waals surface area (Å²) in [5.74, 6) is -0.585. The quantitative estimate of drug-likeness (QED) is 0.235. The summed E-state index contributed by atoms with van der Waals surface area (Å²) < 4.78 is 8.61. The van der Waals surface area contributed by atoms with Crippen LogP contribution in [0.1, 0.15) is 38.8 Å². The monoisotopic (exact) mass is 462 g/mol. The summed E-state index contributed by atoms with van der Waals surface area (Å²) in [6.07, 6.45) is 1.62. The first kappa shape index (κ1) is 22.3. The molecule has 33 heavy (non-hydrogen) atoms. The zero-order valence-corrected chi connectivity index (χ0v) is 19.5. The lowest BCUT2D eigenvalue weighted by Gasteiger charge is -2.09. The smallest absolute Gasteiger partial charge is 0.357 e. The van der Waals surface area contributed by atoms with Gasteiger partial charge < -0.3 is 4.74 Å². The average molecular weight is 463 g/mol. The number of ketones is 1. The van der Waals surface area contributed by atoms with Crippen molar-refractivity contribution < 1.29 is 14.3 Å². The molecule has 0 unspecified atom stereocenters. The van der Waals surface area contributed by atoms with Crippen LogP contribution in [-0.2, 0) is 9.53 Å². The summed E-state index contributed by atoms with van der Waals surface area (Å²) in [5, 5.41) is 14.1. The maximum Gasteiger partial charge on any atom is 0.357 e. The van der Waals surface area contributed by atoms with E-state index in [-0.39, 0.29) is 11.5 Å². The van der Waals surface area contributed by atoms with Crippen LogP contribution >= 0.6 is 11.3 Å². The molecule has 3 aromatic heterocycles.